The van der Waals surface area contributed by atoms with Crippen molar-refractivity contribution in [1.29, 1.82) is 5.41 Å². The van der Waals surface area contributed by atoms with Crippen molar-refractivity contribution in [2.45, 2.75) is 38.6 Å². The van der Waals surface area contributed by atoms with Crippen LogP contribution in [0.1, 0.15) is 37.7 Å². The maximum Gasteiger partial charge on any atom is 0.129 e. The van der Waals surface area contributed by atoms with Gasteiger partial charge in [0.2, 0.25) is 0 Å². The highest BCUT2D eigenvalue weighted by molar-refractivity contribution is 6.30. The van der Waals surface area contributed by atoms with Crippen molar-refractivity contribution in [2.75, 3.05) is 0 Å². The fourth-order valence-electron chi connectivity index (χ4n) is 4.75. The van der Waals surface area contributed by atoms with Crippen molar-refractivity contribution < 1.29 is 0 Å². The van der Waals surface area contributed by atoms with Crippen LogP contribution >= 0.6 is 23.2 Å². The van der Waals surface area contributed by atoms with Gasteiger partial charge in [0.15, 0.2) is 0 Å². The van der Waals surface area contributed by atoms with Gasteiger partial charge in [-0.15, -0.1) is 0 Å². The highest BCUT2D eigenvalue weighted by Crippen LogP contribution is 2.27. The molecule has 0 unspecified atom stereocenters. The Balaban J connectivity index is 0.000000169. The molecule has 0 saturated heterocycles. The van der Waals surface area contributed by atoms with E-state index in [1.165, 1.54) is 44.5 Å². The quantitative estimate of drug-likeness (QED) is 0.178. The summed E-state index contributed by atoms with van der Waals surface area (Å²) in [6.07, 6.45) is 16.9. The van der Waals surface area contributed by atoms with Crippen LogP contribution in [0.2, 0.25) is 10.3 Å². The second kappa shape index (κ2) is 12.3. The summed E-state index contributed by atoms with van der Waals surface area (Å²) in [6, 6.07) is 11.0. The maximum absolute atomic E-state index is 7.20. The summed E-state index contributed by atoms with van der Waals surface area (Å²) >= 11 is 11.8. The number of hydrogen-bond donors (Lipinski definition) is 2. The summed E-state index contributed by atoms with van der Waals surface area (Å²) in [4.78, 5) is 17.2. The lowest BCUT2D eigenvalue weighted by Crippen LogP contribution is -2.14. The number of nitrogens with zero attached hydrogens (tertiary/aromatic N) is 6. The Morgan fingerprint density at radius 2 is 1.54 bits per heavy atom. The zero-order valence-electron chi connectivity index (χ0n) is 21.3. The Hall–Kier alpha value is -3.88. The van der Waals surface area contributed by atoms with Crippen LogP contribution in [0.4, 0.5) is 0 Å². The van der Waals surface area contributed by atoms with Gasteiger partial charge in [0, 0.05) is 59.8 Å². The van der Waals surface area contributed by atoms with Crippen molar-refractivity contribution in [3.8, 4) is 11.1 Å². The van der Waals surface area contributed by atoms with Crippen molar-refractivity contribution >= 4 is 57.1 Å². The van der Waals surface area contributed by atoms with Crippen LogP contribution in [0, 0.1) is 11.3 Å². The van der Waals surface area contributed by atoms with Gasteiger partial charge < -0.3 is 11.1 Å². The van der Waals surface area contributed by atoms with Gasteiger partial charge in [-0.1, -0.05) is 42.5 Å². The molecule has 0 amide bonds. The van der Waals surface area contributed by atoms with E-state index in [9.17, 15) is 0 Å². The molecule has 1 aliphatic carbocycles. The number of nitrogens with one attached hydrogen (secondary N) is 1. The molecular formula is C29H28Cl2N8. The summed E-state index contributed by atoms with van der Waals surface area (Å²) in [5, 5.41) is 12.6. The van der Waals surface area contributed by atoms with E-state index in [-0.39, 0.29) is 0 Å². The van der Waals surface area contributed by atoms with Crippen LogP contribution in [0.3, 0.4) is 0 Å². The summed E-state index contributed by atoms with van der Waals surface area (Å²) in [7, 11) is 0. The molecule has 5 heterocycles. The van der Waals surface area contributed by atoms with Gasteiger partial charge in [-0.2, -0.15) is 5.10 Å². The molecule has 0 aromatic carbocycles. The third-order valence-corrected chi connectivity index (χ3v) is 7.23. The SMILES string of the molecule is Clc1ccc2ncc(-c3cnn(CC4CCCCC4)c3)cc2n1.N=C/C(=C\N)c1cnc2ccc(Cl)nc2c1. The Bertz CT molecular complexity index is 1640. The monoisotopic (exact) mass is 558 g/mol. The van der Waals surface area contributed by atoms with Crippen LogP contribution in [0.25, 0.3) is 38.8 Å². The molecule has 1 fully saturated rings. The van der Waals surface area contributed by atoms with Gasteiger partial charge in [-0.25, -0.2) is 9.97 Å². The van der Waals surface area contributed by atoms with Crippen molar-refractivity contribution in [2.24, 2.45) is 11.7 Å². The van der Waals surface area contributed by atoms with Gasteiger partial charge in [-0.3, -0.25) is 14.6 Å². The van der Waals surface area contributed by atoms with Gasteiger partial charge >= 0.3 is 0 Å². The zero-order chi connectivity index (χ0) is 27.2. The number of rotatable bonds is 5. The van der Waals surface area contributed by atoms with E-state index in [0.29, 0.717) is 21.4 Å². The molecule has 10 heteroatoms. The summed E-state index contributed by atoms with van der Waals surface area (Å²) in [5.41, 5.74) is 12.0. The van der Waals surface area contributed by atoms with Crippen molar-refractivity contribution in [1.82, 2.24) is 29.7 Å². The first kappa shape index (κ1) is 26.7. The number of allylic oxidation sites excluding steroid dienone is 1. The number of hydrogen-bond acceptors (Lipinski definition) is 7. The first-order valence-electron chi connectivity index (χ1n) is 12.8. The summed E-state index contributed by atoms with van der Waals surface area (Å²) in [6.45, 7) is 1.02. The van der Waals surface area contributed by atoms with E-state index in [1.54, 1.807) is 30.5 Å². The maximum atomic E-state index is 7.20. The average Bonchev–Trinajstić information content (AvgIpc) is 3.42. The van der Waals surface area contributed by atoms with Crippen LogP contribution in [0.15, 0.2) is 67.4 Å². The minimum Gasteiger partial charge on any atom is -0.404 e. The highest BCUT2D eigenvalue weighted by Gasteiger charge is 2.15. The standard InChI is InChI=1S/C18H19ClN4.C11H9ClN4/c19-18-7-6-16-17(22-18)8-14(9-20-16)15-10-21-23(12-15)11-13-4-2-1-3-5-13;12-11-2-1-9-10(16-11)3-7(6-15-9)8(4-13)5-14/h6-10,12-13H,1-5,11H2;1-6,13H,14H2/b;8-5+,13-4?. The van der Waals surface area contributed by atoms with Gasteiger partial charge in [-0.05, 0) is 55.2 Å². The first-order chi connectivity index (χ1) is 19.0. The zero-order valence-corrected chi connectivity index (χ0v) is 22.8. The Kier molecular flexibility index (Phi) is 8.44. The third kappa shape index (κ3) is 6.58. The molecule has 198 valence electrons. The molecule has 0 atom stereocenters. The average molecular weight is 560 g/mol. The lowest BCUT2D eigenvalue weighted by molar-refractivity contribution is 0.308. The van der Waals surface area contributed by atoms with E-state index in [2.05, 4.69) is 35.9 Å². The van der Waals surface area contributed by atoms with Crippen LogP contribution in [-0.4, -0.2) is 35.9 Å². The fourth-order valence-corrected chi connectivity index (χ4v) is 5.06. The predicted molar refractivity (Wildman–Crippen MR) is 158 cm³/mol. The largest absolute Gasteiger partial charge is 0.404 e. The number of aromatic nitrogens is 6. The molecule has 1 saturated carbocycles. The predicted octanol–water partition coefficient (Wildman–Crippen LogP) is 6.96. The number of fused-ring (bicyclic) bond motifs is 2. The topological polar surface area (TPSA) is 119 Å². The Morgan fingerprint density at radius 1 is 0.872 bits per heavy atom. The van der Waals surface area contributed by atoms with Gasteiger partial charge in [0.25, 0.3) is 0 Å². The molecule has 1 aliphatic rings. The van der Waals surface area contributed by atoms with E-state index in [0.717, 1.165) is 45.7 Å². The number of halogens is 2. The molecular weight excluding hydrogens is 531 g/mol. The molecule has 0 bridgehead atoms. The molecule has 6 rings (SSSR count). The Morgan fingerprint density at radius 3 is 2.21 bits per heavy atom. The lowest BCUT2D eigenvalue weighted by Gasteiger charge is -2.21. The molecule has 39 heavy (non-hydrogen) atoms. The molecule has 5 aromatic heterocycles. The van der Waals surface area contributed by atoms with E-state index in [1.807, 2.05) is 24.5 Å². The van der Waals surface area contributed by atoms with Gasteiger partial charge in [0.1, 0.15) is 10.3 Å². The second-order valence-electron chi connectivity index (χ2n) is 9.51. The molecule has 3 N–H and O–H groups in total. The van der Waals surface area contributed by atoms with Gasteiger partial charge in [0.05, 0.1) is 28.3 Å². The highest BCUT2D eigenvalue weighted by atomic mass is 35.5. The molecule has 0 aliphatic heterocycles. The molecule has 8 nitrogen and oxygen atoms in total. The normalized spacial score (nSPS) is 14.3. The fraction of sp³-hybridized carbons (Fsp3) is 0.241. The molecule has 5 aromatic rings. The summed E-state index contributed by atoms with van der Waals surface area (Å²) in [5.74, 6) is 0.770. The van der Waals surface area contributed by atoms with Crippen LogP contribution < -0.4 is 5.73 Å². The minimum absolute atomic E-state index is 0.416. The van der Waals surface area contributed by atoms with E-state index in [4.69, 9.17) is 34.3 Å². The van der Waals surface area contributed by atoms with E-state index >= 15 is 0 Å². The minimum atomic E-state index is 0.416. The van der Waals surface area contributed by atoms with Crippen LogP contribution in [-0.2, 0) is 6.54 Å². The lowest BCUT2D eigenvalue weighted by atomic mass is 9.89. The number of pyridine rings is 4. The smallest absolute Gasteiger partial charge is 0.129 e. The first-order valence-corrected chi connectivity index (χ1v) is 13.6. The molecule has 0 radical (unpaired) electrons. The Labute approximate surface area is 236 Å². The van der Waals surface area contributed by atoms with E-state index < -0.39 is 0 Å². The van der Waals surface area contributed by atoms with Crippen molar-refractivity contribution in [3.63, 3.8) is 0 Å². The van der Waals surface area contributed by atoms with Crippen molar-refractivity contribution in [3.05, 3.63) is 83.3 Å². The second-order valence-corrected chi connectivity index (χ2v) is 10.3. The third-order valence-electron chi connectivity index (χ3n) is 6.81. The van der Waals surface area contributed by atoms with Crippen LogP contribution in [0.5, 0.6) is 0 Å². The number of nitrogens with two attached hydrogens (primary N) is 1. The molecule has 0 spiro atoms. The summed E-state index contributed by atoms with van der Waals surface area (Å²) < 4.78 is 2.07.